The maximum Gasteiger partial charge on any atom is 0.433 e. The second-order valence-electron chi connectivity index (χ2n) is 8.48. The van der Waals surface area contributed by atoms with Gasteiger partial charge in [0, 0.05) is 53.9 Å². The van der Waals surface area contributed by atoms with E-state index >= 15 is 0 Å². The number of benzene rings is 1. The Bertz CT molecular complexity index is 1230. The van der Waals surface area contributed by atoms with Crippen molar-refractivity contribution in [1.82, 2.24) is 14.5 Å². The summed E-state index contributed by atoms with van der Waals surface area (Å²) in [5.41, 5.74) is 2.77. The molecule has 0 amide bonds. The normalized spacial score (nSPS) is 15.5. The minimum atomic E-state index is -4.52. The van der Waals surface area contributed by atoms with Crippen molar-refractivity contribution in [2.75, 3.05) is 13.1 Å². The molecule has 1 N–H and O–H groups in total. The van der Waals surface area contributed by atoms with Crippen LogP contribution in [0.25, 0.3) is 16.7 Å². The largest absolute Gasteiger partial charge is 0.433 e. The van der Waals surface area contributed by atoms with Gasteiger partial charge in [-0.2, -0.15) is 13.2 Å². The molecule has 1 aromatic carbocycles. The van der Waals surface area contributed by atoms with Crippen LogP contribution < -0.4 is 0 Å². The molecule has 4 rings (SSSR count). The highest BCUT2D eigenvalue weighted by Gasteiger charge is 2.33. The van der Waals surface area contributed by atoms with E-state index in [4.69, 9.17) is 23.2 Å². The molecule has 0 aliphatic carbocycles. The van der Waals surface area contributed by atoms with Crippen LogP contribution in [0.5, 0.6) is 0 Å². The van der Waals surface area contributed by atoms with E-state index in [9.17, 15) is 18.3 Å². The van der Waals surface area contributed by atoms with Crippen molar-refractivity contribution in [2.45, 2.75) is 38.5 Å². The van der Waals surface area contributed by atoms with E-state index in [2.05, 4.69) is 16.5 Å². The van der Waals surface area contributed by atoms with Crippen LogP contribution in [-0.4, -0.2) is 38.8 Å². The summed E-state index contributed by atoms with van der Waals surface area (Å²) in [4.78, 5) is 5.95. The minimum Gasteiger partial charge on any atom is -0.393 e. The summed E-state index contributed by atoms with van der Waals surface area (Å²) in [7, 11) is 1.69. The molecule has 0 radical (unpaired) electrons. The molecule has 0 atom stereocenters. The second kappa shape index (κ2) is 8.85. The van der Waals surface area contributed by atoms with E-state index in [1.165, 1.54) is 0 Å². The number of rotatable bonds is 4. The number of likely N-dealkylation sites (tertiary alicyclic amines) is 1. The predicted molar refractivity (Wildman–Crippen MR) is 126 cm³/mol. The average Bonchev–Trinajstić information content (AvgIpc) is 3.07. The number of alkyl halides is 3. The molecule has 3 aromatic rings. The second-order valence-corrected chi connectivity index (χ2v) is 9.27. The highest BCUT2D eigenvalue weighted by molar-refractivity contribution is 6.37. The monoisotopic (exact) mass is 497 g/mol. The molecule has 3 heterocycles. The van der Waals surface area contributed by atoms with Crippen LogP contribution in [0, 0.1) is 6.92 Å². The number of pyridine rings is 1. The van der Waals surface area contributed by atoms with Crippen LogP contribution in [0.3, 0.4) is 0 Å². The van der Waals surface area contributed by atoms with Gasteiger partial charge in [0.25, 0.3) is 0 Å². The van der Waals surface area contributed by atoms with Gasteiger partial charge < -0.3 is 14.6 Å². The zero-order valence-corrected chi connectivity index (χ0v) is 19.8. The van der Waals surface area contributed by atoms with Crippen LogP contribution in [0.15, 0.2) is 30.8 Å². The van der Waals surface area contributed by atoms with Gasteiger partial charge in [-0.1, -0.05) is 29.8 Å². The number of hydrogen-bond acceptors (Lipinski definition) is 3. The van der Waals surface area contributed by atoms with Crippen molar-refractivity contribution in [3.05, 3.63) is 69.0 Å². The smallest absolute Gasteiger partial charge is 0.393 e. The third-order valence-electron chi connectivity index (χ3n) is 6.30. The Morgan fingerprint density at radius 3 is 2.52 bits per heavy atom. The first kappa shape index (κ1) is 23.9. The summed E-state index contributed by atoms with van der Waals surface area (Å²) >= 11 is 13.3. The summed E-state index contributed by atoms with van der Waals surface area (Å²) in [6, 6.07) is 6.48. The maximum atomic E-state index is 13.2. The minimum absolute atomic E-state index is 0.261. The topological polar surface area (TPSA) is 41.3 Å². The van der Waals surface area contributed by atoms with E-state index in [1.54, 1.807) is 24.6 Å². The molecule has 2 aromatic heterocycles. The van der Waals surface area contributed by atoms with Crippen molar-refractivity contribution < 1.29 is 18.3 Å². The third kappa shape index (κ3) is 4.59. The Morgan fingerprint density at radius 1 is 1.21 bits per heavy atom. The molecule has 0 unspecified atom stereocenters. The van der Waals surface area contributed by atoms with Crippen molar-refractivity contribution >= 4 is 39.9 Å². The van der Waals surface area contributed by atoms with E-state index in [0.717, 1.165) is 23.0 Å². The van der Waals surface area contributed by atoms with Crippen LogP contribution in [0.2, 0.25) is 10.0 Å². The summed E-state index contributed by atoms with van der Waals surface area (Å²) < 4.78 is 41.4. The van der Waals surface area contributed by atoms with Crippen molar-refractivity contribution in [2.24, 2.45) is 7.05 Å². The lowest BCUT2D eigenvalue weighted by Crippen LogP contribution is -2.34. The quantitative estimate of drug-likeness (QED) is 0.464. The van der Waals surface area contributed by atoms with Gasteiger partial charge in [-0.3, -0.25) is 0 Å². The van der Waals surface area contributed by atoms with Gasteiger partial charge in [-0.15, -0.1) is 0 Å². The maximum absolute atomic E-state index is 13.2. The first-order valence-corrected chi connectivity index (χ1v) is 11.3. The molecule has 0 spiro atoms. The van der Waals surface area contributed by atoms with E-state index in [-0.39, 0.29) is 11.8 Å². The number of aliphatic hydroxyl groups is 1. The fraction of sp³-hybridized carbons (Fsp3) is 0.375. The van der Waals surface area contributed by atoms with Crippen LogP contribution in [0.4, 0.5) is 13.2 Å². The number of aromatic nitrogens is 2. The zero-order valence-electron chi connectivity index (χ0n) is 18.3. The molecular weight excluding hydrogens is 474 g/mol. The summed E-state index contributed by atoms with van der Waals surface area (Å²) in [5.74, 6) is 0. The molecule has 1 aliphatic heterocycles. The number of aliphatic hydroxyl groups excluding tert-OH is 1. The SMILES string of the molecule is C=C(c1ccc(Cl)c(Cc2cc3c(C)cc(C(F)(F)F)nc3n2C)c1Cl)N1CCC(O)CC1. The zero-order chi connectivity index (χ0) is 24.1. The van der Waals surface area contributed by atoms with Crippen molar-refractivity contribution in [3.63, 3.8) is 0 Å². The average molecular weight is 498 g/mol. The van der Waals surface area contributed by atoms with Gasteiger partial charge in [0.15, 0.2) is 0 Å². The van der Waals surface area contributed by atoms with E-state index in [1.807, 2.05) is 12.1 Å². The van der Waals surface area contributed by atoms with Gasteiger partial charge in [-0.25, -0.2) is 4.98 Å². The summed E-state index contributed by atoms with van der Waals surface area (Å²) in [6.45, 7) is 7.21. The summed E-state index contributed by atoms with van der Waals surface area (Å²) in [5, 5.41) is 11.4. The lowest BCUT2D eigenvalue weighted by atomic mass is 10.0. The van der Waals surface area contributed by atoms with E-state index < -0.39 is 11.9 Å². The van der Waals surface area contributed by atoms with Gasteiger partial charge >= 0.3 is 6.18 Å². The fourth-order valence-corrected chi connectivity index (χ4v) is 4.90. The molecule has 0 saturated carbocycles. The predicted octanol–water partition coefficient (Wildman–Crippen LogP) is 6.23. The number of piperidine rings is 1. The molecule has 9 heteroatoms. The van der Waals surface area contributed by atoms with Crippen molar-refractivity contribution in [3.8, 4) is 0 Å². The Hall–Kier alpha value is -2.22. The van der Waals surface area contributed by atoms with Crippen LogP contribution in [0.1, 0.15) is 40.9 Å². The Balaban J connectivity index is 1.71. The molecule has 33 heavy (non-hydrogen) atoms. The molecule has 4 nitrogen and oxygen atoms in total. The number of nitrogens with zero attached hydrogens (tertiary/aromatic N) is 3. The Kier molecular flexibility index (Phi) is 6.42. The summed E-state index contributed by atoms with van der Waals surface area (Å²) in [6.07, 6.45) is -3.16. The first-order chi connectivity index (χ1) is 15.5. The van der Waals surface area contributed by atoms with Gasteiger partial charge in [0.1, 0.15) is 11.3 Å². The number of fused-ring (bicyclic) bond motifs is 1. The van der Waals surface area contributed by atoms with Gasteiger partial charge in [0.2, 0.25) is 0 Å². The number of halogens is 5. The molecule has 1 fully saturated rings. The number of aryl methyl sites for hydroxylation is 2. The van der Waals surface area contributed by atoms with Gasteiger partial charge in [-0.05, 0) is 55.2 Å². The Morgan fingerprint density at radius 2 is 1.88 bits per heavy atom. The molecule has 176 valence electrons. The van der Waals surface area contributed by atoms with Crippen LogP contribution in [-0.2, 0) is 19.6 Å². The standard InChI is InChI=1S/C24H24Cl2F3N3O/c1-13-10-21(24(27,28)29)30-23-18(13)11-15(31(23)3)12-19-20(25)5-4-17(22(19)26)14(2)32-8-6-16(33)7-9-32/h4-5,10-11,16,33H,2,6-9,12H2,1,3H3. The number of hydrogen-bond donors (Lipinski definition) is 1. The highest BCUT2D eigenvalue weighted by atomic mass is 35.5. The molecular formula is C24H24Cl2F3N3O. The molecule has 1 aliphatic rings. The molecule has 1 saturated heterocycles. The first-order valence-electron chi connectivity index (χ1n) is 10.6. The van der Waals surface area contributed by atoms with Crippen molar-refractivity contribution in [1.29, 1.82) is 0 Å². The fourth-order valence-electron chi connectivity index (χ4n) is 4.28. The van der Waals surface area contributed by atoms with Crippen LogP contribution >= 0.6 is 23.2 Å². The Labute approximate surface area is 200 Å². The lowest BCUT2D eigenvalue weighted by Gasteiger charge is -2.33. The highest BCUT2D eigenvalue weighted by Crippen LogP contribution is 2.37. The molecule has 0 bridgehead atoms. The van der Waals surface area contributed by atoms with E-state index in [0.29, 0.717) is 58.9 Å². The van der Waals surface area contributed by atoms with Gasteiger partial charge in [0.05, 0.1) is 11.1 Å². The third-order valence-corrected chi connectivity index (χ3v) is 7.08. The lowest BCUT2D eigenvalue weighted by molar-refractivity contribution is -0.141.